The lowest BCUT2D eigenvalue weighted by Crippen LogP contribution is -2.48. The summed E-state index contributed by atoms with van der Waals surface area (Å²) in [7, 11) is 0. The van der Waals surface area contributed by atoms with E-state index >= 15 is 0 Å². The molecule has 2 aromatic carbocycles. The molecule has 250 valence electrons. The van der Waals surface area contributed by atoms with E-state index in [1.54, 1.807) is 12.4 Å². The lowest BCUT2D eigenvalue weighted by atomic mass is 9.63. The maximum Gasteiger partial charge on any atom is 0.287 e. The predicted octanol–water partition coefficient (Wildman–Crippen LogP) is 7.43. The van der Waals surface area contributed by atoms with Gasteiger partial charge in [0.2, 0.25) is 0 Å². The number of nitrogens with one attached hydrogen (secondary N) is 1. The highest BCUT2D eigenvalue weighted by Crippen LogP contribution is 2.47. The zero-order valence-electron chi connectivity index (χ0n) is 28.0. The van der Waals surface area contributed by atoms with Gasteiger partial charge in [0.25, 0.3) is 5.91 Å². The van der Waals surface area contributed by atoms with Crippen LogP contribution in [0.2, 0.25) is 5.02 Å². The number of likely N-dealkylation sites (tertiary alicyclic amines) is 1. The van der Waals surface area contributed by atoms with Crippen molar-refractivity contribution >= 4 is 28.5 Å². The molecular formula is C38H48ClN5O3. The molecule has 2 aromatic heterocycles. The third kappa shape index (κ3) is 8.15. The number of carbonyl (C=O) groups excluding carboxylic acids is 1. The molecule has 4 aromatic rings. The fraction of sp³-hybridized carbons (Fsp3) is 0.526. The van der Waals surface area contributed by atoms with Crippen LogP contribution in [0.3, 0.4) is 0 Å². The number of carbonyl (C=O) groups is 1. The summed E-state index contributed by atoms with van der Waals surface area (Å²) in [6, 6.07) is 14.6. The van der Waals surface area contributed by atoms with E-state index in [0.717, 1.165) is 62.5 Å². The van der Waals surface area contributed by atoms with Gasteiger partial charge in [0.1, 0.15) is 18.2 Å². The molecule has 1 aliphatic carbocycles. The Morgan fingerprint density at radius 1 is 1.06 bits per heavy atom. The maximum atomic E-state index is 13.6. The van der Waals surface area contributed by atoms with Crippen molar-refractivity contribution in [1.82, 2.24) is 25.0 Å². The molecule has 0 bridgehead atoms. The summed E-state index contributed by atoms with van der Waals surface area (Å²) in [4.78, 5) is 33.5. The quantitative estimate of drug-likeness (QED) is 0.191. The molecule has 6 rings (SSSR count). The van der Waals surface area contributed by atoms with E-state index in [-0.39, 0.29) is 34.0 Å². The predicted molar refractivity (Wildman–Crippen MR) is 187 cm³/mol. The number of hydrogen-bond acceptors (Lipinski definition) is 6. The van der Waals surface area contributed by atoms with E-state index < -0.39 is 0 Å². The summed E-state index contributed by atoms with van der Waals surface area (Å²) >= 11 is 6.17. The maximum absolute atomic E-state index is 13.6. The van der Waals surface area contributed by atoms with Gasteiger partial charge in [0, 0.05) is 30.2 Å². The molecule has 1 amide bonds. The van der Waals surface area contributed by atoms with E-state index in [2.05, 4.69) is 41.1 Å². The largest absolute Gasteiger partial charge is 0.451 e. The van der Waals surface area contributed by atoms with Crippen LogP contribution in [-0.4, -0.2) is 51.2 Å². The van der Waals surface area contributed by atoms with Crippen molar-refractivity contribution < 1.29 is 9.21 Å². The van der Waals surface area contributed by atoms with Gasteiger partial charge in [-0.15, -0.1) is 0 Å². The molecule has 2 aliphatic rings. The van der Waals surface area contributed by atoms with Crippen LogP contribution in [0.25, 0.3) is 11.0 Å². The van der Waals surface area contributed by atoms with Crippen LogP contribution in [0, 0.1) is 11.3 Å². The van der Waals surface area contributed by atoms with Crippen LogP contribution in [-0.2, 0) is 18.4 Å². The minimum absolute atomic E-state index is 0.0375. The lowest BCUT2D eigenvalue weighted by molar-refractivity contribution is 0.0104. The van der Waals surface area contributed by atoms with Crippen molar-refractivity contribution in [2.24, 2.45) is 11.3 Å². The molecular weight excluding hydrogens is 610 g/mol. The van der Waals surface area contributed by atoms with Crippen molar-refractivity contribution in [2.75, 3.05) is 19.6 Å². The molecule has 1 saturated heterocycles. The Morgan fingerprint density at radius 3 is 2.49 bits per heavy atom. The van der Waals surface area contributed by atoms with Crippen LogP contribution in [0.5, 0.6) is 0 Å². The van der Waals surface area contributed by atoms with E-state index in [1.807, 2.05) is 47.4 Å². The van der Waals surface area contributed by atoms with Crippen LogP contribution in [0.4, 0.5) is 0 Å². The minimum Gasteiger partial charge on any atom is -0.451 e. The number of aromatic nitrogens is 3. The molecule has 0 radical (unpaired) electrons. The average molecular weight is 658 g/mol. The molecule has 1 atom stereocenters. The third-order valence-corrected chi connectivity index (χ3v) is 10.9. The smallest absolute Gasteiger partial charge is 0.287 e. The van der Waals surface area contributed by atoms with Crippen LogP contribution in [0.1, 0.15) is 93.8 Å². The molecule has 47 heavy (non-hydrogen) atoms. The summed E-state index contributed by atoms with van der Waals surface area (Å²) in [5.41, 5.74) is 2.50. The first kappa shape index (κ1) is 33.4. The van der Waals surface area contributed by atoms with Crippen molar-refractivity contribution in [2.45, 2.75) is 96.6 Å². The van der Waals surface area contributed by atoms with E-state index in [4.69, 9.17) is 16.0 Å². The highest BCUT2D eigenvalue weighted by Gasteiger charge is 2.42. The normalized spacial score (nSPS) is 18.3. The third-order valence-electron chi connectivity index (χ3n) is 10.6. The van der Waals surface area contributed by atoms with Crippen molar-refractivity contribution in [1.29, 1.82) is 0 Å². The Bertz CT molecular complexity index is 1700. The van der Waals surface area contributed by atoms with E-state index in [0.29, 0.717) is 22.4 Å². The van der Waals surface area contributed by atoms with Gasteiger partial charge in [-0.1, -0.05) is 69.8 Å². The summed E-state index contributed by atoms with van der Waals surface area (Å²) in [5.74, 6) is 0.400. The number of benzene rings is 2. The molecule has 0 unspecified atom stereocenters. The van der Waals surface area contributed by atoms with Gasteiger partial charge in [-0.25, -0.2) is 4.98 Å². The summed E-state index contributed by atoms with van der Waals surface area (Å²) in [6.07, 6.45) is 13.9. The van der Waals surface area contributed by atoms with Gasteiger partial charge in [-0.2, -0.15) is 5.10 Å². The van der Waals surface area contributed by atoms with Gasteiger partial charge in [0.05, 0.1) is 5.39 Å². The molecule has 3 heterocycles. The fourth-order valence-electron chi connectivity index (χ4n) is 7.73. The Kier molecular flexibility index (Phi) is 10.2. The van der Waals surface area contributed by atoms with Crippen LogP contribution in [0.15, 0.2) is 70.4 Å². The van der Waals surface area contributed by atoms with Crippen molar-refractivity contribution in [3.05, 3.63) is 93.3 Å². The molecule has 1 aliphatic heterocycles. The van der Waals surface area contributed by atoms with Gasteiger partial charge in [-0.05, 0) is 104 Å². The van der Waals surface area contributed by atoms with Gasteiger partial charge in [0.15, 0.2) is 11.2 Å². The SMILES string of the molecule is CC(C)(C)c1ccc2oc(C(=O)N[C@H](CCN3CCC(Cn4cncn4)(C4CCCCC4)CC3)Cc3ccc(Cl)cc3)cc(=O)c2c1. The number of amides is 1. The zero-order valence-corrected chi connectivity index (χ0v) is 28.8. The Labute approximate surface area is 282 Å². The second-order valence-corrected chi connectivity index (χ2v) is 15.3. The van der Waals surface area contributed by atoms with Gasteiger partial charge >= 0.3 is 0 Å². The number of fused-ring (bicyclic) bond motifs is 1. The Morgan fingerprint density at radius 2 is 1.81 bits per heavy atom. The van der Waals surface area contributed by atoms with Crippen LogP contribution >= 0.6 is 11.6 Å². The average Bonchev–Trinajstić information content (AvgIpc) is 3.58. The first-order chi connectivity index (χ1) is 22.6. The number of rotatable bonds is 10. The summed E-state index contributed by atoms with van der Waals surface area (Å²) in [5, 5.41) is 8.86. The van der Waals surface area contributed by atoms with Crippen LogP contribution < -0.4 is 10.7 Å². The molecule has 1 saturated carbocycles. The van der Waals surface area contributed by atoms with E-state index in [9.17, 15) is 9.59 Å². The molecule has 1 N–H and O–H groups in total. The number of halogens is 1. The molecule has 0 spiro atoms. The topological polar surface area (TPSA) is 93.3 Å². The summed E-state index contributed by atoms with van der Waals surface area (Å²) in [6.45, 7) is 10.2. The highest BCUT2D eigenvalue weighted by atomic mass is 35.5. The van der Waals surface area contributed by atoms with Gasteiger partial charge in [-0.3, -0.25) is 14.3 Å². The second-order valence-electron chi connectivity index (χ2n) is 14.9. The van der Waals surface area contributed by atoms with Crippen molar-refractivity contribution in [3.8, 4) is 0 Å². The zero-order chi connectivity index (χ0) is 33.0. The first-order valence-electron chi connectivity index (χ1n) is 17.3. The fourth-order valence-corrected chi connectivity index (χ4v) is 7.86. The molecule has 8 nitrogen and oxygen atoms in total. The summed E-state index contributed by atoms with van der Waals surface area (Å²) < 4.78 is 8.04. The molecule has 2 fully saturated rings. The Balaban J connectivity index is 1.15. The standard InChI is InChI=1S/C38H48ClN5O3/c1-37(2,3)29-11-14-34-32(22-29)33(45)23-35(47-34)36(46)42-31(21-27-9-12-30(39)13-10-27)15-18-43-19-16-38(17-20-43,24-44-26-40-25-41-44)28-7-5-4-6-8-28/h9-14,22-23,25-26,28,31H,4-8,15-21,24H2,1-3H3,(H,42,46)/t31-/m1/s1. The lowest BCUT2D eigenvalue weighted by Gasteiger charge is -2.48. The Hall–Kier alpha value is -3.49. The highest BCUT2D eigenvalue weighted by molar-refractivity contribution is 6.30. The number of piperidine rings is 1. The molecule has 9 heteroatoms. The second kappa shape index (κ2) is 14.3. The minimum atomic E-state index is -0.370. The number of hydrogen-bond donors (Lipinski definition) is 1. The van der Waals surface area contributed by atoms with Crippen molar-refractivity contribution in [3.63, 3.8) is 0 Å². The van der Waals surface area contributed by atoms with E-state index in [1.165, 1.54) is 38.2 Å². The monoisotopic (exact) mass is 657 g/mol. The number of nitrogens with zero attached hydrogens (tertiary/aromatic N) is 4. The first-order valence-corrected chi connectivity index (χ1v) is 17.6. The van der Waals surface area contributed by atoms with Gasteiger partial charge < -0.3 is 14.6 Å².